The van der Waals surface area contributed by atoms with Gasteiger partial charge in [-0.25, -0.2) is 9.97 Å². The van der Waals surface area contributed by atoms with Crippen LogP contribution in [0.25, 0.3) is 10.2 Å². The smallest absolute Gasteiger partial charge is 0.213 e. The first-order valence-corrected chi connectivity index (χ1v) is 10.5. The van der Waals surface area contributed by atoms with Crippen LogP contribution in [0.5, 0.6) is 0 Å². The van der Waals surface area contributed by atoms with E-state index in [1.165, 1.54) is 30.4 Å². The summed E-state index contributed by atoms with van der Waals surface area (Å²) >= 11 is 13.5. The van der Waals surface area contributed by atoms with Gasteiger partial charge in [-0.1, -0.05) is 49.2 Å². The standard InChI is InChI=1S/C11H7Cl2N3OS.C6H11N.C2H6/c12-6-5-18-11-7(3-8(13)16-10(6)11)15-4-9-14-1-2-17-9;7-6-4-2-1-3-5-6;1-2/h1-3,5H,4H2,(H,15,16);1-2,6H,3-5,7H2;1-2H3. The minimum absolute atomic E-state index is 0.401. The molecule has 0 fully saturated rings. The first-order chi connectivity index (χ1) is 13.1. The van der Waals surface area contributed by atoms with E-state index < -0.39 is 0 Å². The summed E-state index contributed by atoms with van der Waals surface area (Å²) in [6.45, 7) is 4.48. The molecule has 1 atom stereocenters. The molecule has 0 saturated heterocycles. The summed E-state index contributed by atoms with van der Waals surface area (Å²) in [5.41, 5.74) is 7.17. The van der Waals surface area contributed by atoms with E-state index >= 15 is 0 Å². The van der Waals surface area contributed by atoms with E-state index in [2.05, 4.69) is 27.4 Å². The molecule has 0 saturated carbocycles. The van der Waals surface area contributed by atoms with Gasteiger partial charge in [-0.2, -0.15) is 0 Å². The number of fused-ring (bicyclic) bond motifs is 1. The van der Waals surface area contributed by atoms with Crippen LogP contribution < -0.4 is 11.1 Å². The lowest BCUT2D eigenvalue weighted by Gasteiger charge is -2.09. The highest BCUT2D eigenvalue weighted by Gasteiger charge is 2.10. The molecule has 27 heavy (non-hydrogen) atoms. The number of nitrogens with two attached hydrogens (primary N) is 1. The molecule has 3 N–H and O–H groups in total. The summed E-state index contributed by atoms with van der Waals surface area (Å²) in [4.78, 5) is 8.24. The third-order valence-corrected chi connectivity index (χ3v) is 5.29. The Morgan fingerprint density at radius 1 is 1.33 bits per heavy atom. The van der Waals surface area contributed by atoms with Crippen molar-refractivity contribution < 1.29 is 4.42 Å². The molecule has 0 bridgehead atoms. The van der Waals surface area contributed by atoms with E-state index in [4.69, 9.17) is 33.4 Å². The van der Waals surface area contributed by atoms with Crippen molar-refractivity contribution in [3.63, 3.8) is 0 Å². The van der Waals surface area contributed by atoms with Crippen molar-refractivity contribution in [1.82, 2.24) is 9.97 Å². The number of hydrogen-bond acceptors (Lipinski definition) is 6. The second kappa shape index (κ2) is 11.3. The van der Waals surface area contributed by atoms with E-state index in [9.17, 15) is 0 Å². The van der Waals surface area contributed by atoms with Crippen LogP contribution in [0.4, 0.5) is 5.69 Å². The molecule has 1 aliphatic rings. The van der Waals surface area contributed by atoms with E-state index in [0.717, 1.165) is 16.8 Å². The third-order valence-electron chi connectivity index (χ3n) is 3.67. The van der Waals surface area contributed by atoms with Crippen LogP contribution in [0.3, 0.4) is 0 Å². The molecule has 0 aliphatic heterocycles. The maximum absolute atomic E-state index is 6.05. The van der Waals surface area contributed by atoms with Gasteiger partial charge in [0.2, 0.25) is 5.89 Å². The Bertz CT molecular complexity index is 849. The highest BCUT2D eigenvalue weighted by Crippen LogP contribution is 2.35. The number of halogens is 2. The molecule has 0 aromatic carbocycles. The van der Waals surface area contributed by atoms with Crippen LogP contribution >= 0.6 is 34.5 Å². The molecule has 146 valence electrons. The van der Waals surface area contributed by atoms with Gasteiger partial charge in [-0.05, 0) is 19.3 Å². The Morgan fingerprint density at radius 3 is 2.74 bits per heavy atom. The van der Waals surface area contributed by atoms with Gasteiger partial charge in [-0.3, -0.25) is 0 Å². The molecule has 8 heteroatoms. The molecule has 4 rings (SSSR count). The number of pyridine rings is 1. The number of anilines is 1. The van der Waals surface area contributed by atoms with Gasteiger partial charge >= 0.3 is 0 Å². The SMILES string of the molecule is CC.Clc1cc(NCc2ncco2)c2scc(Cl)c2n1.NC1CC=CCC1. The third kappa shape index (κ3) is 6.50. The fourth-order valence-electron chi connectivity index (χ4n) is 2.41. The quantitative estimate of drug-likeness (QED) is 0.380. The van der Waals surface area contributed by atoms with E-state index in [1.54, 1.807) is 12.3 Å². The first kappa shape index (κ1) is 21.7. The molecule has 5 nitrogen and oxygen atoms in total. The predicted molar refractivity (Wildman–Crippen MR) is 116 cm³/mol. The van der Waals surface area contributed by atoms with Gasteiger partial charge in [0.25, 0.3) is 0 Å². The van der Waals surface area contributed by atoms with Gasteiger partial charge in [-0.15, -0.1) is 11.3 Å². The maximum atomic E-state index is 6.05. The first-order valence-electron chi connectivity index (χ1n) is 8.89. The Labute approximate surface area is 173 Å². The zero-order valence-electron chi connectivity index (χ0n) is 15.4. The number of nitrogens with one attached hydrogen (secondary N) is 1. The zero-order chi connectivity index (χ0) is 19.6. The Morgan fingerprint density at radius 2 is 2.15 bits per heavy atom. The molecule has 0 spiro atoms. The zero-order valence-corrected chi connectivity index (χ0v) is 17.7. The maximum Gasteiger partial charge on any atom is 0.213 e. The molecule has 1 aliphatic carbocycles. The number of aromatic nitrogens is 2. The lowest BCUT2D eigenvalue weighted by Crippen LogP contribution is -2.19. The summed E-state index contributed by atoms with van der Waals surface area (Å²) in [7, 11) is 0. The molecule has 1 unspecified atom stereocenters. The highest BCUT2D eigenvalue weighted by atomic mass is 35.5. The Hall–Kier alpha value is -1.60. The second-order valence-corrected chi connectivity index (χ2v) is 7.25. The molecular formula is C19H24Cl2N4OS. The van der Waals surface area contributed by atoms with Crippen molar-refractivity contribution in [2.24, 2.45) is 5.73 Å². The summed E-state index contributed by atoms with van der Waals surface area (Å²) in [6, 6.07) is 2.21. The average Bonchev–Trinajstić information content (AvgIpc) is 3.33. The van der Waals surface area contributed by atoms with Gasteiger partial charge in [0.05, 0.1) is 28.2 Å². The van der Waals surface area contributed by atoms with Crippen molar-refractivity contribution in [1.29, 1.82) is 0 Å². The molecule has 3 aromatic rings. The molecule has 3 heterocycles. The van der Waals surface area contributed by atoms with Gasteiger partial charge in [0.1, 0.15) is 16.9 Å². The summed E-state index contributed by atoms with van der Waals surface area (Å²) in [5.74, 6) is 0.610. The van der Waals surface area contributed by atoms with E-state index in [1.807, 2.05) is 19.2 Å². The number of nitrogens with zero attached hydrogens (tertiary/aromatic N) is 2. The van der Waals surface area contributed by atoms with Crippen LogP contribution in [0.2, 0.25) is 10.2 Å². The number of oxazole rings is 1. The fraction of sp³-hybridized carbons (Fsp3) is 0.368. The molecular weight excluding hydrogens is 403 g/mol. The van der Waals surface area contributed by atoms with E-state index in [-0.39, 0.29) is 0 Å². The number of allylic oxidation sites excluding steroid dienone is 1. The minimum atomic E-state index is 0.401. The second-order valence-electron chi connectivity index (χ2n) is 5.58. The average molecular weight is 427 g/mol. The Kier molecular flexibility index (Phi) is 9.07. The summed E-state index contributed by atoms with van der Waals surface area (Å²) < 4.78 is 6.13. The van der Waals surface area contributed by atoms with Crippen LogP contribution in [-0.2, 0) is 6.54 Å². The van der Waals surface area contributed by atoms with Crippen LogP contribution in [0.1, 0.15) is 39.0 Å². The van der Waals surface area contributed by atoms with Crippen LogP contribution in [0, 0.1) is 0 Å². The van der Waals surface area contributed by atoms with Crippen molar-refractivity contribution in [2.75, 3.05) is 5.32 Å². The molecule has 0 amide bonds. The van der Waals surface area contributed by atoms with Gasteiger partial charge in [0.15, 0.2) is 0 Å². The number of thiophene rings is 1. The molecule has 0 radical (unpaired) electrons. The van der Waals surface area contributed by atoms with Crippen molar-refractivity contribution in [3.05, 3.63) is 52.1 Å². The highest BCUT2D eigenvalue weighted by molar-refractivity contribution is 7.18. The predicted octanol–water partition coefficient (Wildman–Crippen LogP) is 6.28. The Balaban J connectivity index is 0.000000244. The van der Waals surface area contributed by atoms with E-state index in [0.29, 0.717) is 34.2 Å². The number of rotatable bonds is 3. The van der Waals surface area contributed by atoms with Crippen molar-refractivity contribution >= 4 is 50.4 Å². The number of hydrogen-bond donors (Lipinski definition) is 2. The molecule has 3 aromatic heterocycles. The van der Waals surface area contributed by atoms with Crippen LogP contribution in [-0.4, -0.2) is 16.0 Å². The fourth-order valence-corrected chi connectivity index (χ4v) is 3.79. The van der Waals surface area contributed by atoms with Gasteiger partial charge in [0, 0.05) is 17.5 Å². The van der Waals surface area contributed by atoms with Crippen LogP contribution in [0.15, 0.2) is 40.5 Å². The minimum Gasteiger partial charge on any atom is -0.447 e. The summed E-state index contributed by atoms with van der Waals surface area (Å²) in [5, 5.41) is 6.06. The lowest BCUT2D eigenvalue weighted by atomic mass is 10.0. The topological polar surface area (TPSA) is 77.0 Å². The largest absolute Gasteiger partial charge is 0.447 e. The summed E-state index contributed by atoms with van der Waals surface area (Å²) in [6.07, 6.45) is 10.9. The van der Waals surface area contributed by atoms with Crippen molar-refractivity contribution in [3.8, 4) is 0 Å². The van der Waals surface area contributed by atoms with Gasteiger partial charge < -0.3 is 15.5 Å². The lowest BCUT2D eigenvalue weighted by molar-refractivity contribution is 0.504. The monoisotopic (exact) mass is 426 g/mol. The van der Waals surface area contributed by atoms with Crippen molar-refractivity contribution in [2.45, 2.75) is 45.7 Å². The normalized spacial score (nSPS) is 15.5.